The van der Waals surface area contributed by atoms with Gasteiger partial charge < -0.3 is 5.32 Å². The molecule has 2 unspecified atom stereocenters. The summed E-state index contributed by atoms with van der Waals surface area (Å²) >= 11 is 0. The minimum atomic E-state index is -1.39. The molecule has 1 aliphatic heterocycles. The van der Waals surface area contributed by atoms with Gasteiger partial charge in [0.2, 0.25) is 0 Å². The molecule has 1 aliphatic rings. The van der Waals surface area contributed by atoms with Crippen LogP contribution in [0.3, 0.4) is 0 Å². The molecule has 4 heteroatoms. The largest absolute Gasteiger partial charge is 0.314 e. The first-order chi connectivity index (χ1) is 10.2. The summed E-state index contributed by atoms with van der Waals surface area (Å²) in [5.41, 5.74) is 0.139. The summed E-state index contributed by atoms with van der Waals surface area (Å²) in [6, 6.07) is 11.8. The lowest BCUT2D eigenvalue weighted by atomic mass is 9.90. The molecule has 0 aliphatic carbocycles. The molecule has 1 saturated heterocycles. The fourth-order valence-corrected chi connectivity index (χ4v) is 3.14. The topological polar surface area (TPSA) is 29.9 Å². The molecule has 0 bridgehead atoms. The summed E-state index contributed by atoms with van der Waals surface area (Å²) in [4.78, 5) is 0. The van der Waals surface area contributed by atoms with Gasteiger partial charge in [-0.25, -0.2) is 9.07 Å². The van der Waals surface area contributed by atoms with E-state index in [1.54, 1.807) is 23.9 Å². The van der Waals surface area contributed by atoms with E-state index in [1.807, 2.05) is 30.3 Å². The van der Waals surface area contributed by atoms with Gasteiger partial charge in [0.1, 0.15) is 0 Å². The molecule has 3 rings (SSSR count). The standard InChI is InChI=1S/C17H22FN3/c1-17(18,13-14-7-5-6-11-19-14)16-10-12-20-21(16)15-8-3-2-4-9-15/h2-4,8-10,12,14,19H,5-7,11,13H2,1H3. The van der Waals surface area contributed by atoms with E-state index in [2.05, 4.69) is 10.4 Å². The highest BCUT2D eigenvalue weighted by molar-refractivity contribution is 5.33. The lowest BCUT2D eigenvalue weighted by molar-refractivity contribution is 0.137. The second-order valence-electron chi connectivity index (χ2n) is 6.01. The lowest BCUT2D eigenvalue weighted by Crippen LogP contribution is -2.38. The third-order valence-corrected chi connectivity index (χ3v) is 4.22. The maximum absolute atomic E-state index is 15.3. The van der Waals surface area contributed by atoms with Gasteiger partial charge in [0, 0.05) is 18.7 Å². The Kier molecular flexibility index (Phi) is 4.06. The van der Waals surface area contributed by atoms with E-state index in [1.165, 1.54) is 12.8 Å². The zero-order valence-electron chi connectivity index (χ0n) is 12.4. The number of hydrogen-bond donors (Lipinski definition) is 1. The Morgan fingerprint density at radius 1 is 1.29 bits per heavy atom. The predicted octanol–water partition coefficient (Wildman–Crippen LogP) is 3.59. The highest BCUT2D eigenvalue weighted by Crippen LogP contribution is 2.33. The van der Waals surface area contributed by atoms with Crippen LogP contribution >= 0.6 is 0 Å². The van der Waals surface area contributed by atoms with Crippen molar-refractivity contribution in [3.05, 3.63) is 48.3 Å². The molecular weight excluding hydrogens is 265 g/mol. The highest BCUT2D eigenvalue weighted by Gasteiger charge is 2.33. The van der Waals surface area contributed by atoms with Crippen molar-refractivity contribution in [1.82, 2.24) is 15.1 Å². The maximum atomic E-state index is 15.3. The van der Waals surface area contributed by atoms with Crippen molar-refractivity contribution >= 4 is 0 Å². The van der Waals surface area contributed by atoms with Gasteiger partial charge in [0.15, 0.2) is 5.67 Å². The number of halogens is 1. The molecular formula is C17H22FN3. The van der Waals surface area contributed by atoms with Crippen molar-refractivity contribution in [2.24, 2.45) is 0 Å². The molecule has 2 atom stereocenters. The maximum Gasteiger partial charge on any atom is 0.151 e. The SMILES string of the molecule is CC(F)(CC1CCCCN1)c1ccnn1-c1ccccc1. The Hall–Kier alpha value is -1.68. The van der Waals surface area contributed by atoms with Crippen LogP contribution in [0.1, 0.15) is 38.3 Å². The van der Waals surface area contributed by atoms with E-state index in [0.717, 1.165) is 18.7 Å². The fraction of sp³-hybridized carbons (Fsp3) is 0.471. The van der Waals surface area contributed by atoms with Crippen LogP contribution in [-0.2, 0) is 5.67 Å². The van der Waals surface area contributed by atoms with E-state index < -0.39 is 5.67 Å². The van der Waals surface area contributed by atoms with Crippen molar-refractivity contribution < 1.29 is 4.39 Å². The van der Waals surface area contributed by atoms with Crippen molar-refractivity contribution in [3.8, 4) is 5.69 Å². The van der Waals surface area contributed by atoms with E-state index in [9.17, 15) is 0 Å². The summed E-state index contributed by atoms with van der Waals surface area (Å²) in [5.74, 6) is 0. The van der Waals surface area contributed by atoms with Gasteiger partial charge in [-0.1, -0.05) is 24.6 Å². The minimum absolute atomic E-state index is 0.257. The van der Waals surface area contributed by atoms with Gasteiger partial charge in [-0.3, -0.25) is 0 Å². The molecule has 1 fully saturated rings. The smallest absolute Gasteiger partial charge is 0.151 e. The Balaban J connectivity index is 1.84. The third-order valence-electron chi connectivity index (χ3n) is 4.22. The van der Waals surface area contributed by atoms with Crippen LogP contribution in [0.4, 0.5) is 4.39 Å². The molecule has 2 heterocycles. The van der Waals surface area contributed by atoms with Gasteiger partial charge in [0.25, 0.3) is 0 Å². The highest BCUT2D eigenvalue weighted by atomic mass is 19.1. The van der Waals surface area contributed by atoms with Gasteiger partial charge in [-0.05, 0) is 44.5 Å². The quantitative estimate of drug-likeness (QED) is 0.931. The molecule has 0 radical (unpaired) electrons. The number of rotatable bonds is 4. The number of nitrogens with zero attached hydrogens (tertiary/aromatic N) is 2. The number of benzene rings is 1. The summed E-state index contributed by atoms with van der Waals surface area (Å²) in [5, 5.41) is 7.73. The molecule has 2 aromatic rings. The van der Waals surface area contributed by atoms with Gasteiger partial charge in [-0.15, -0.1) is 0 Å². The van der Waals surface area contributed by atoms with E-state index in [4.69, 9.17) is 0 Å². The zero-order chi connectivity index (χ0) is 14.7. The van der Waals surface area contributed by atoms with E-state index >= 15 is 4.39 Å². The monoisotopic (exact) mass is 287 g/mol. The number of alkyl halides is 1. The average molecular weight is 287 g/mol. The molecule has 112 valence electrons. The lowest BCUT2D eigenvalue weighted by Gasteiger charge is -2.30. The number of hydrogen-bond acceptors (Lipinski definition) is 2. The van der Waals surface area contributed by atoms with Gasteiger partial charge in [0.05, 0.1) is 11.4 Å². The molecule has 1 aromatic heterocycles. The minimum Gasteiger partial charge on any atom is -0.314 e. The van der Waals surface area contributed by atoms with Crippen LogP contribution in [0.5, 0.6) is 0 Å². The second-order valence-corrected chi connectivity index (χ2v) is 6.01. The summed E-state index contributed by atoms with van der Waals surface area (Å²) in [6.07, 6.45) is 5.60. The van der Waals surface area contributed by atoms with Gasteiger partial charge in [-0.2, -0.15) is 5.10 Å². The van der Waals surface area contributed by atoms with Crippen molar-refractivity contribution in [2.75, 3.05) is 6.54 Å². The Morgan fingerprint density at radius 3 is 2.81 bits per heavy atom. The Bertz CT molecular complexity index is 571. The number of piperidine rings is 1. The summed E-state index contributed by atoms with van der Waals surface area (Å²) in [6.45, 7) is 2.67. The third kappa shape index (κ3) is 3.16. The molecule has 0 spiro atoms. The summed E-state index contributed by atoms with van der Waals surface area (Å²) < 4.78 is 17.0. The zero-order valence-corrected chi connectivity index (χ0v) is 12.4. The predicted molar refractivity (Wildman–Crippen MR) is 82.3 cm³/mol. The number of para-hydroxylation sites is 1. The number of aromatic nitrogens is 2. The van der Waals surface area contributed by atoms with Crippen LogP contribution < -0.4 is 5.32 Å². The molecule has 21 heavy (non-hydrogen) atoms. The van der Waals surface area contributed by atoms with Crippen molar-refractivity contribution in [3.63, 3.8) is 0 Å². The molecule has 1 N–H and O–H groups in total. The second kappa shape index (κ2) is 5.98. The first-order valence-corrected chi connectivity index (χ1v) is 7.69. The van der Waals surface area contributed by atoms with Crippen molar-refractivity contribution in [1.29, 1.82) is 0 Å². The number of nitrogens with one attached hydrogen (secondary N) is 1. The van der Waals surface area contributed by atoms with Crippen LogP contribution in [0, 0.1) is 0 Å². The van der Waals surface area contributed by atoms with E-state index in [0.29, 0.717) is 12.1 Å². The van der Waals surface area contributed by atoms with Crippen LogP contribution in [0.15, 0.2) is 42.6 Å². The van der Waals surface area contributed by atoms with Crippen LogP contribution in [0.25, 0.3) is 5.69 Å². The molecule has 0 amide bonds. The first kappa shape index (κ1) is 14.3. The molecule has 0 saturated carbocycles. The molecule has 1 aromatic carbocycles. The first-order valence-electron chi connectivity index (χ1n) is 7.69. The van der Waals surface area contributed by atoms with Gasteiger partial charge >= 0.3 is 0 Å². The Morgan fingerprint density at radius 2 is 2.10 bits per heavy atom. The Labute approximate surface area is 125 Å². The normalized spacial score (nSPS) is 21.9. The average Bonchev–Trinajstić information content (AvgIpc) is 2.99. The van der Waals surface area contributed by atoms with Crippen LogP contribution in [-0.4, -0.2) is 22.4 Å². The van der Waals surface area contributed by atoms with E-state index in [-0.39, 0.29) is 6.04 Å². The van der Waals surface area contributed by atoms with Crippen molar-refractivity contribution in [2.45, 2.75) is 44.3 Å². The summed E-state index contributed by atoms with van der Waals surface area (Å²) in [7, 11) is 0. The fourth-order valence-electron chi connectivity index (χ4n) is 3.14. The molecule has 3 nitrogen and oxygen atoms in total. The van der Waals surface area contributed by atoms with Crippen LogP contribution in [0.2, 0.25) is 0 Å².